The molecule has 0 unspecified atom stereocenters. The topological polar surface area (TPSA) is 106 Å². The summed E-state index contributed by atoms with van der Waals surface area (Å²) < 4.78 is 35.1. The Balaban J connectivity index is 0.00000288. The highest BCUT2D eigenvalue weighted by Gasteiger charge is 2.27. The van der Waals surface area contributed by atoms with E-state index in [-0.39, 0.29) is 35.7 Å². The first kappa shape index (κ1) is 20.8. The summed E-state index contributed by atoms with van der Waals surface area (Å²) in [5.74, 6) is 1.63. The fourth-order valence-corrected chi connectivity index (χ4v) is 3.84. The van der Waals surface area contributed by atoms with Crippen LogP contribution in [0.1, 0.15) is 6.42 Å². The van der Waals surface area contributed by atoms with Crippen molar-refractivity contribution in [2.45, 2.75) is 6.42 Å². The van der Waals surface area contributed by atoms with Gasteiger partial charge in [-0.05, 0) is 18.6 Å². The monoisotopic (exact) mass is 470 g/mol. The van der Waals surface area contributed by atoms with Crippen molar-refractivity contribution in [2.75, 3.05) is 44.9 Å². The van der Waals surface area contributed by atoms with Crippen molar-refractivity contribution in [3.63, 3.8) is 0 Å². The molecule has 1 heterocycles. The maximum atomic E-state index is 11.7. The van der Waals surface area contributed by atoms with Crippen molar-refractivity contribution < 1.29 is 17.9 Å². The molecular formula is C14H23IN4O4S. The summed E-state index contributed by atoms with van der Waals surface area (Å²) in [6.45, 7) is 1.21. The Labute approximate surface area is 159 Å². The van der Waals surface area contributed by atoms with E-state index in [9.17, 15) is 8.42 Å². The highest BCUT2D eigenvalue weighted by atomic mass is 127. The number of halogens is 1. The summed E-state index contributed by atoms with van der Waals surface area (Å²) >= 11 is 0. The number of anilines is 1. The van der Waals surface area contributed by atoms with Gasteiger partial charge >= 0.3 is 0 Å². The summed E-state index contributed by atoms with van der Waals surface area (Å²) in [7, 11) is 0.0256. The molecule has 0 radical (unpaired) electrons. The van der Waals surface area contributed by atoms with Crippen LogP contribution < -0.4 is 20.5 Å². The Bertz CT molecular complexity index is 681. The number of nitrogens with two attached hydrogens (primary N) is 1. The van der Waals surface area contributed by atoms with E-state index >= 15 is 0 Å². The maximum Gasteiger partial charge on any atom is 0.214 e. The Hall–Kier alpha value is -1.27. The Kier molecular flexibility index (Phi) is 8.03. The van der Waals surface area contributed by atoms with Crippen molar-refractivity contribution in [1.82, 2.24) is 4.31 Å². The van der Waals surface area contributed by atoms with Gasteiger partial charge in [0.15, 0.2) is 17.5 Å². The van der Waals surface area contributed by atoms with E-state index in [1.54, 1.807) is 32.4 Å². The van der Waals surface area contributed by atoms with Crippen LogP contribution in [0.25, 0.3) is 0 Å². The molecule has 1 fully saturated rings. The van der Waals surface area contributed by atoms with Crippen molar-refractivity contribution >= 4 is 45.6 Å². The molecule has 0 aliphatic carbocycles. The lowest BCUT2D eigenvalue weighted by Crippen LogP contribution is -2.30. The molecule has 0 bridgehead atoms. The zero-order valence-electron chi connectivity index (χ0n) is 13.7. The number of methoxy groups -OCH3 is 2. The van der Waals surface area contributed by atoms with Crippen LogP contribution in [0, 0.1) is 0 Å². The molecular weight excluding hydrogens is 447 g/mol. The van der Waals surface area contributed by atoms with Gasteiger partial charge in [0.25, 0.3) is 0 Å². The fraction of sp³-hybridized carbons (Fsp3) is 0.500. The second kappa shape index (κ2) is 9.28. The molecule has 24 heavy (non-hydrogen) atoms. The minimum atomic E-state index is -3.09. The Morgan fingerprint density at radius 2 is 2.04 bits per heavy atom. The summed E-state index contributed by atoms with van der Waals surface area (Å²) in [6, 6.07) is 5.28. The van der Waals surface area contributed by atoms with Crippen LogP contribution in [0.3, 0.4) is 0 Å². The summed E-state index contributed by atoms with van der Waals surface area (Å²) in [4.78, 5) is 4.15. The number of ether oxygens (including phenoxy) is 2. The lowest BCUT2D eigenvalue weighted by atomic mass is 10.3. The van der Waals surface area contributed by atoms with Gasteiger partial charge in [-0.25, -0.2) is 12.7 Å². The van der Waals surface area contributed by atoms with Crippen LogP contribution in [0.15, 0.2) is 23.2 Å². The second-order valence-electron chi connectivity index (χ2n) is 5.03. The van der Waals surface area contributed by atoms with E-state index in [4.69, 9.17) is 15.2 Å². The van der Waals surface area contributed by atoms with E-state index in [0.29, 0.717) is 43.2 Å². The Morgan fingerprint density at radius 3 is 2.62 bits per heavy atom. The molecule has 10 heteroatoms. The molecule has 0 aromatic heterocycles. The quantitative estimate of drug-likeness (QED) is 0.366. The molecule has 8 nitrogen and oxygen atoms in total. The van der Waals surface area contributed by atoms with Crippen molar-refractivity contribution in [3.8, 4) is 11.5 Å². The number of nitrogens with zero attached hydrogens (tertiary/aromatic N) is 2. The van der Waals surface area contributed by atoms with Crippen LogP contribution in [0.2, 0.25) is 0 Å². The zero-order chi connectivity index (χ0) is 16.9. The lowest BCUT2D eigenvalue weighted by molar-refractivity contribution is 0.355. The van der Waals surface area contributed by atoms with Gasteiger partial charge in [-0.2, -0.15) is 0 Å². The molecule has 1 aromatic carbocycles. The minimum absolute atomic E-state index is 0. The molecule has 0 amide bonds. The maximum absolute atomic E-state index is 11.7. The lowest BCUT2D eigenvalue weighted by Gasteiger charge is -2.13. The van der Waals surface area contributed by atoms with E-state index in [0.717, 1.165) is 0 Å². The smallest absolute Gasteiger partial charge is 0.214 e. The van der Waals surface area contributed by atoms with Gasteiger partial charge in [0.2, 0.25) is 10.0 Å². The standard InChI is InChI=1S/C14H22N4O4S.HI/c1-21-12-5-4-11(10-13(12)22-2)17-14(15)16-6-8-18-7-3-9-23(18,19)20;/h4-5,10H,3,6-9H2,1-2H3,(H3,15,16,17);1H. The molecule has 3 N–H and O–H groups in total. The van der Waals surface area contributed by atoms with E-state index in [1.165, 1.54) is 4.31 Å². The first-order valence-corrected chi connectivity index (χ1v) is 8.84. The van der Waals surface area contributed by atoms with Crippen molar-refractivity contribution in [2.24, 2.45) is 10.7 Å². The zero-order valence-corrected chi connectivity index (χ0v) is 16.8. The van der Waals surface area contributed by atoms with Gasteiger partial charge in [-0.1, -0.05) is 0 Å². The van der Waals surface area contributed by atoms with E-state index in [1.807, 2.05) is 0 Å². The normalized spacial score (nSPS) is 17.2. The average molecular weight is 470 g/mol. The molecule has 0 saturated carbocycles. The van der Waals surface area contributed by atoms with Gasteiger partial charge in [-0.3, -0.25) is 4.99 Å². The van der Waals surface area contributed by atoms with Gasteiger partial charge in [0, 0.05) is 24.8 Å². The van der Waals surface area contributed by atoms with Gasteiger partial charge in [-0.15, -0.1) is 24.0 Å². The molecule has 136 valence electrons. The number of guanidine groups is 1. The fourth-order valence-electron chi connectivity index (χ4n) is 2.33. The molecule has 0 atom stereocenters. The van der Waals surface area contributed by atoms with Crippen molar-refractivity contribution in [3.05, 3.63) is 18.2 Å². The van der Waals surface area contributed by atoms with Crippen LogP contribution in [-0.2, 0) is 10.0 Å². The number of hydrogen-bond donors (Lipinski definition) is 2. The third-order valence-electron chi connectivity index (χ3n) is 3.49. The number of aliphatic imine (C=N–C) groups is 1. The summed E-state index contributed by atoms with van der Waals surface area (Å²) in [5.41, 5.74) is 6.53. The number of nitrogens with one attached hydrogen (secondary N) is 1. The largest absolute Gasteiger partial charge is 0.493 e. The first-order chi connectivity index (χ1) is 11.0. The van der Waals surface area contributed by atoms with E-state index in [2.05, 4.69) is 10.3 Å². The van der Waals surface area contributed by atoms with Crippen LogP contribution >= 0.6 is 24.0 Å². The molecule has 0 spiro atoms. The predicted octanol–water partition coefficient (Wildman–Crippen LogP) is 1.08. The average Bonchev–Trinajstić information content (AvgIpc) is 2.86. The van der Waals surface area contributed by atoms with Gasteiger partial charge in [0.05, 0.1) is 26.5 Å². The van der Waals surface area contributed by atoms with Gasteiger partial charge < -0.3 is 20.5 Å². The molecule has 1 aliphatic rings. The third kappa shape index (κ3) is 5.38. The first-order valence-electron chi connectivity index (χ1n) is 7.23. The van der Waals surface area contributed by atoms with Crippen LogP contribution in [-0.4, -0.2) is 58.3 Å². The predicted molar refractivity (Wildman–Crippen MR) is 105 cm³/mol. The second-order valence-corrected chi connectivity index (χ2v) is 7.12. The van der Waals surface area contributed by atoms with Crippen molar-refractivity contribution in [1.29, 1.82) is 0 Å². The minimum Gasteiger partial charge on any atom is -0.493 e. The summed E-state index contributed by atoms with van der Waals surface area (Å²) in [5, 5.41) is 2.94. The number of hydrogen-bond acceptors (Lipinski definition) is 5. The number of rotatable bonds is 6. The van der Waals surface area contributed by atoms with Crippen LogP contribution in [0.5, 0.6) is 11.5 Å². The SMILES string of the molecule is COc1ccc(NC(N)=NCCN2CCCS2(=O)=O)cc1OC.I. The molecule has 1 aliphatic heterocycles. The highest BCUT2D eigenvalue weighted by Crippen LogP contribution is 2.29. The Morgan fingerprint density at radius 1 is 1.33 bits per heavy atom. The molecule has 2 rings (SSSR count). The number of benzene rings is 1. The molecule has 1 aromatic rings. The summed E-state index contributed by atoms with van der Waals surface area (Å²) in [6.07, 6.45) is 0.672. The molecule has 1 saturated heterocycles. The van der Waals surface area contributed by atoms with E-state index < -0.39 is 10.0 Å². The third-order valence-corrected chi connectivity index (χ3v) is 5.45. The highest BCUT2D eigenvalue weighted by molar-refractivity contribution is 14.0. The van der Waals surface area contributed by atoms with Gasteiger partial charge in [0.1, 0.15) is 0 Å². The van der Waals surface area contributed by atoms with Crippen LogP contribution in [0.4, 0.5) is 5.69 Å². The number of sulfonamides is 1.